The fourth-order valence-electron chi connectivity index (χ4n) is 3.53. The van der Waals surface area contributed by atoms with Crippen molar-refractivity contribution in [1.82, 2.24) is 14.7 Å². The third-order valence-corrected chi connectivity index (χ3v) is 5.65. The second-order valence-corrected chi connectivity index (χ2v) is 7.34. The largest absolute Gasteiger partial charge is 0.283 e. The lowest BCUT2D eigenvalue weighted by Gasteiger charge is -2.20. The maximum atomic E-state index is 11.9. The van der Waals surface area contributed by atoms with Crippen molar-refractivity contribution in [3.8, 4) is 0 Å². The molecule has 0 saturated heterocycles. The molecule has 2 aliphatic carbocycles. The topological polar surface area (TPSA) is 89.0 Å². The van der Waals surface area contributed by atoms with E-state index in [2.05, 4.69) is 14.7 Å². The predicted molar refractivity (Wildman–Crippen MR) is 70.9 cm³/mol. The van der Waals surface area contributed by atoms with Gasteiger partial charge in [-0.25, -0.2) is 9.71 Å². The Balaban J connectivity index is 1.62. The lowest BCUT2D eigenvalue weighted by Crippen LogP contribution is -2.33. The van der Waals surface area contributed by atoms with Crippen molar-refractivity contribution in [3.63, 3.8) is 0 Å². The van der Waals surface area contributed by atoms with Crippen LogP contribution in [0.4, 0.5) is 0 Å². The summed E-state index contributed by atoms with van der Waals surface area (Å²) in [6.45, 7) is 0. The number of carbonyl (C=O) groups excluding carboxylic acids is 1. The van der Waals surface area contributed by atoms with Crippen molar-refractivity contribution in [2.24, 2.45) is 17.8 Å². The Bertz CT molecular complexity index is 603. The quantitative estimate of drug-likeness (QED) is 0.898. The molecule has 2 saturated carbocycles. The molecular weight excluding hydrogens is 278 g/mol. The number of carbonyl (C=O) groups is 1. The molecule has 3 atom stereocenters. The van der Waals surface area contributed by atoms with Crippen molar-refractivity contribution in [1.29, 1.82) is 0 Å². The van der Waals surface area contributed by atoms with Gasteiger partial charge in [0.25, 0.3) is 10.0 Å². The van der Waals surface area contributed by atoms with E-state index in [1.54, 1.807) is 0 Å². The van der Waals surface area contributed by atoms with E-state index < -0.39 is 15.9 Å². The fraction of sp³-hybridized carbons (Fsp3) is 0.615. The minimum Gasteiger partial charge on any atom is -0.274 e. The van der Waals surface area contributed by atoms with Gasteiger partial charge < -0.3 is 0 Å². The molecule has 0 radical (unpaired) electrons. The normalized spacial score (nSPS) is 28.5. The maximum absolute atomic E-state index is 11.9. The Morgan fingerprint density at radius 3 is 2.75 bits per heavy atom. The first-order valence-electron chi connectivity index (χ1n) is 6.86. The highest BCUT2D eigenvalue weighted by Crippen LogP contribution is 2.49. The molecule has 0 aliphatic heterocycles. The van der Waals surface area contributed by atoms with Gasteiger partial charge in [-0.05, 0) is 37.0 Å². The highest BCUT2D eigenvalue weighted by atomic mass is 32.2. The van der Waals surface area contributed by atoms with Crippen LogP contribution in [0.2, 0.25) is 0 Å². The van der Waals surface area contributed by atoms with Gasteiger partial charge in [-0.3, -0.25) is 9.78 Å². The molecule has 1 aromatic heterocycles. The zero-order valence-corrected chi connectivity index (χ0v) is 11.8. The van der Waals surface area contributed by atoms with E-state index in [0.29, 0.717) is 18.3 Å². The van der Waals surface area contributed by atoms with Crippen LogP contribution in [0.5, 0.6) is 0 Å². The molecule has 0 unspecified atom stereocenters. The number of aromatic nitrogens is 2. The predicted octanol–water partition coefficient (Wildman–Crippen LogP) is 1.11. The Hall–Kier alpha value is -1.50. The van der Waals surface area contributed by atoms with E-state index >= 15 is 0 Å². The number of hydrogen-bond donors (Lipinski definition) is 1. The molecule has 0 aromatic carbocycles. The number of sulfonamides is 1. The molecule has 1 amide bonds. The van der Waals surface area contributed by atoms with Crippen molar-refractivity contribution in [2.75, 3.05) is 0 Å². The highest BCUT2D eigenvalue weighted by Gasteiger charge is 2.40. The number of amides is 1. The van der Waals surface area contributed by atoms with Crippen molar-refractivity contribution >= 4 is 15.9 Å². The van der Waals surface area contributed by atoms with Gasteiger partial charge in [-0.2, -0.15) is 8.42 Å². The summed E-state index contributed by atoms with van der Waals surface area (Å²) in [7, 11) is -3.89. The zero-order chi connectivity index (χ0) is 14.2. The lowest BCUT2D eigenvalue weighted by atomic mass is 9.86. The fourth-order valence-corrected chi connectivity index (χ4v) is 4.42. The van der Waals surface area contributed by atoms with Crippen LogP contribution in [0, 0.1) is 17.8 Å². The minimum absolute atomic E-state index is 0.221. The Morgan fingerprint density at radius 1 is 1.30 bits per heavy atom. The molecule has 2 fully saturated rings. The van der Waals surface area contributed by atoms with Crippen LogP contribution in [0.15, 0.2) is 23.6 Å². The summed E-state index contributed by atoms with van der Waals surface area (Å²) in [5, 5.41) is -0.221. The second-order valence-electron chi connectivity index (χ2n) is 5.71. The SMILES string of the molecule is O=C(C[C@@H]1C[C@H]2CC[C@H]1C2)NS(=O)(=O)c1cnccn1. The molecule has 7 heteroatoms. The van der Waals surface area contributed by atoms with Crippen LogP contribution in [0.1, 0.15) is 32.1 Å². The van der Waals surface area contributed by atoms with Gasteiger partial charge in [0.1, 0.15) is 0 Å². The molecule has 1 N–H and O–H groups in total. The average molecular weight is 295 g/mol. The second kappa shape index (κ2) is 5.12. The molecule has 3 rings (SSSR count). The van der Waals surface area contributed by atoms with Crippen LogP contribution >= 0.6 is 0 Å². The van der Waals surface area contributed by atoms with E-state index in [1.165, 1.54) is 31.7 Å². The van der Waals surface area contributed by atoms with Crippen LogP contribution in [0.25, 0.3) is 0 Å². The molecule has 2 bridgehead atoms. The average Bonchev–Trinajstić information content (AvgIpc) is 3.01. The van der Waals surface area contributed by atoms with Gasteiger partial charge in [0.05, 0.1) is 6.20 Å². The van der Waals surface area contributed by atoms with Crippen molar-refractivity contribution in [3.05, 3.63) is 18.6 Å². The molecule has 1 aromatic rings. The van der Waals surface area contributed by atoms with Crippen LogP contribution < -0.4 is 4.72 Å². The summed E-state index contributed by atoms with van der Waals surface area (Å²) in [5.41, 5.74) is 0. The first-order chi connectivity index (χ1) is 9.54. The van der Waals surface area contributed by atoms with Crippen LogP contribution in [-0.4, -0.2) is 24.3 Å². The summed E-state index contributed by atoms with van der Waals surface area (Å²) in [5.74, 6) is 1.25. The van der Waals surface area contributed by atoms with E-state index in [4.69, 9.17) is 0 Å². The summed E-state index contributed by atoms with van der Waals surface area (Å²) in [6, 6.07) is 0. The van der Waals surface area contributed by atoms with Gasteiger partial charge in [0.15, 0.2) is 5.03 Å². The molecule has 6 nitrogen and oxygen atoms in total. The number of nitrogens with one attached hydrogen (secondary N) is 1. The highest BCUT2D eigenvalue weighted by molar-refractivity contribution is 7.90. The first-order valence-corrected chi connectivity index (χ1v) is 8.34. The standard InChI is InChI=1S/C13H17N3O3S/c17-12(7-11-6-9-1-2-10(11)5-9)16-20(18,19)13-8-14-3-4-15-13/h3-4,8-11H,1-2,5-7H2,(H,16,17)/t9-,10-,11-/m0/s1. The lowest BCUT2D eigenvalue weighted by molar-refractivity contribution is -0.120. The Labute approximate surface area is 118 Å². The Kier molecular flexibility index (Phi) is 3.45. The van der Waals surface area contributed by atoms with Gasteiger partial charge in [-0.15, -0.1) is 0 Å². The van der Waals surface area contributed by atoms with Crippen LogP contribution in [-0.2, 0) is 14.8 Å². The number of hydrogen-bond acceptors (Lipinski definition) is 5. The summed E-state index contributed by atoms with van der Waals surface area (Å²) >= 11 is 0. The van der Waals surface area contributed by atoms with Crippen LogP contribution in [0.3, 0.4) is 0 Å². The number of rotatable bonds is 4. The molecule has 108 valence electrons. The molecular formula is C13H17N3O3S. The third kappa shape index (κ3) is 2.67. The van der Waals surface area contributed by atoms with Crippen molar-refractivity contribution in [2.45, 2.75) is 37.1 Å². The van der Waals surface area contributed by atoms with Gasteiger partial charge in [0.2, 0.25) is 5.91 Å². The van der Waals surface area contributed by atoms with E-state index in [9.17, 15) is 13.2 Å². The van der Waals surface area contributed by atoms with Crippen molar-refractivity contribution < 1.29 is 13.2 Å². The van der Waals surface area contributed by atoms with E-state index in [0.717, 1.165) is 18.5 Å². The van der Waals surface area contributed by atoms with Gasteiger partial charge >= 0.3 is 0 Å². The molecule has 1 heterocycles. The summed E-state index contributed by atoms with van der Waals surface area (Å²) in [6.07, 6.45) is 8.80. The minimum atomic E-state index is -3.89. The summed E-state index contributed by atoms with van der Waals surface area (Å²) < 4.78 is 26.0. The monoisotopic (exact) mass is 295 g/mol. The van der Waals surface area contributed by atoms with E-state index in [1.807, 2.05) is 0 Å². The Morgan fingerprint density at radius 2 is 2.15 bits per heavy atom. The number of nitrogens with zero attached hydrogens (tertiary/aromatic N) is 2. The first kappa shape index (κ1) is 13.5. The van der Waals surface area contributed by atoms with E-state index in [-0.39, 0.29) is 5.03 Å². The zero-order valence-electron chi connectivity index (χ0n) is 11.0. The smallest absolute Gasteiger partial charge is 0.274 e. The summed E-state index contributed by atoms with van der Waals surface area (Å²) in [4.78, 5) is 19.3. The number of fused-ring (bicyclic) bond motifs is 2. The van der Waals surface area contributed by atoms with Gasteiger partial charge in [-0.1, -0.05) is 6.42 Å². The molecule has 20 heavy (non-hydrogen) atoms. The van der Waals surface area contributed by atoms with Gasteiger partial charge in [0, 0.05) is 18.8 Å². The molecule has 2 aliphatic rings. The molecule has 0 spiro atoms. The maximum Gasteiger partial charge on any atom is 0.283 e. The third-order valence-electron chi connectivity index (χ3n) is 4.40.